The predicted molar refractivity (Wildman–Crippen MR) is 87.6 cm³/mol. The van der Waals surface area contributed by atoms with Crippen molar-refractivity contribution in [3.63, 3.8) is 0 Å². The summed E-state index contributed by atoms with van der Waals surface area (Å²) in [5.74, 6) is 0.555. The number of carbonyl (C=O) groups excluding carboxylic acids is 1. The number of aryl methyl sites for hydroxylation is 1. The molecule has 0 heterocycles. The molecule has 0 aromatic heterocycles. The highest BCUT2D eigenvalue weighted by Gasteiger charge is 1.98. The maximum absolute atomic E-state index is 10.6. The van der Waals surface area contributed by atoms with Crippen LogP contribution in [0.5, 0.6) is 5.75 Å². The molecule has 4 heteroatoms. The second-order valence-corrected chi connectivity index (χ2v) is 5.16. The van der Waals surface area contributed by atoms with Crippen molar-refractivity contribution in [2.45, 2.75) is 19.4 Å². The fourth-order valence-electron chi connectivity index (χ4n) is 2.12. The highest BCUT2D eigenvalue weighted by atomic mass is 16.5. The zero-order valence-electron chi connectivity index (χ0n) is 12.6. The maximum Gasteiger partial charge on any atom is 0.231 e. The van der Waals surface area contributed by atoms with Crippen molar-refractivity contribution >= 4 is 5.91 Å². The van der Waals surface area contributed by atoms with Gasteiger partial charge in [0.15, 0.2) is 0 Å². The minimum atomic E-state index is -0.320. The Kier molecular flexibility index (Phi) is 6.45. The zero-order valence-corrected chi connectivity index (χ0v) is 12.6. The van der Waals surface area contributed by atoms with Crippen LogP contribution in [-0.4, -0.2) is 19.0 Å². The smallest absolute Gasteiger partial charge is 0.231 e. The summed E-state index contributed by atoms with van der Waals surface area (Å²) >= 11 is 0. The van der Waals surface area contributed by atoms with Gasteiger partial charge in [-0.1, -0.05) is 42.5 Å². The maximum atomic E-state index is 10.6. The van der Waals surface area contributed by atoms with Gasteiger partial charge in [0, 0.05) is 0 Å². The van der Waals surface area contributed by atoms with E-state index in [9.17, 15) is 4.79 Å². The third-order valence-electron chi connectivity index (χ3n) is 3.29. The van der Waals surface area contributed by atoms with Crippen LogP contribution in [0.2, 0.25) is 0 Å². The molecule has 4 nitrogen and oxygen atoms in total. The van der Waals surface area contributed by atoms with E-state index in [2.05, 4.69) is 17.4 Å². The van der Waals surface area contributed by atoms with Gasteiger partial charge in [-0.25, -0.2) is 0 Å². The van der Waals surface area contributed by atoms with Gasteiger partial charge in [0.2, 0.25) is 5.91 Å². The van der Waals surface area contributed by atoms with E-state index >= 15 is 0 Å². The SMILES string of the molecule is NC(=O)CNCCCc1ccc(OCc2ccccc2)cc1. The zero-order chi connectivity index (χ0) is 15.6. The number of hydrogen-bond donors (Lipinski definition) is 2. The number of ether oxygens (including phenoxy) is 1. The van der Waals surface area contributed by atoms with Gasteiger partial charge in [-0.05, 0) is 42.6 Å². The number of hydrogen-bond acceptors (Lipinski definition) is 3. The number of nitrogens with two attached hydrogens (primary N) is 1. The normalized spacial score (nSPS) is 10.4. The topological polar surface area (TPSA) is 64.4 Å². The monoisotopic (exact) mass is 298 g/mol. The van der Waals surface area contributed by atoms with Gasteiger partial charge in [0.1, 0.15) is 12.4 Å². The molecule has 1 amide bonds. The molecule has 0 atom stereocenters. The quantitative estimate of drug-likeness (QED) is 0.698. The summed E-state index contributed by atoms with van der Waals surface area (Å²) in [6, 6.07) is 18.3. The van der Waals surface area contributed by atoms with Crippen LogP contribution in [0.3, 0.4) is 0 Å². The van der Waals surface area contributed by atoms with Crippen LogP contribution in [0.15, 0.2) is 54.6 Å². The van der Waals surface area contributed by atoms with Gasteiger partial charge in [-0.3, -0.25) is 4.79 Å². The Morgan fingerprint density at radius 3 is 2.41 bits per heavy atom. The third-order valence-corrected chi connectivity index (χ3v) is 3.29. The molecule has 0 aliphatic rings. The van der Waals surface area contributed by atoms with Gasteiger partial charge >= 0.3 is 0 Å². The molecule has 0 bridgehead atoms. The molecule has 22 heavy (non-hydrogen) atoms. The van der Waals surface area contributed by atoms with E-state index in [1.807, 2.05) is 42.5 Å². The fraction of sp³-hybridized carbons (Fsp3) is 0.278. The number of carbonyl (C=O) groups is 1. The van der Waals surface area contributed by atoms with Crippen LogP contribution < -0.4 is 15.8 Å². The molecule has 2 aromatic rings. The minimum absolute atomic E-state index is 0.242. The van der Waals surface area contributed by atoms with E-state index in [1.54, 1.807) is 0 Å². The molecule has 0 fully saturated rings. The lowest BCUT2D eigenvalue weighted by Gasteiger charge is -2.07. The van der Waals surface area contributed by atoms with Crippen molar-refractivity contribution in [3.05, 3.63) is 65.7 Å². The van der Waals surface area contributed by atoms with E-state index in [-0.39, 0.29) is 12.5 Å². The Morgan fingerprint density at radius 2 is 1.73 bits per heavy atom. The van der Waals surface area contributed by atoms with E-state index in [1.165, 1.54) is 5.56 Å². The summed E-state index contributed by atoms with van der Waals surface area (Å²) in [6.45, 7) is 1.61. The van der Waals surface area contributed by atoms with Crippen molar-refractivity contribution in [3.8, 4) is 5.75 Å². The lowest BCUT2D eigenvalue weighted by molar-refractivity contribution is -0.117. The lowest BCUT2D eigenvalue weighted by Crippen LogP contribution is -2.29. The highest BCUT2D eigenvalue weighted by molar-refractivity contribution is 5.75. The highest BCUT2D eigenvalue weighted by Crippen LogP contribution is 2.15. The summed E-state index contributed by atoms with van der Waals surface area (Å²) in [5, 5.41) is 3.01. The molecular formula is C18H22N2O2. The van der Waals surface area contributed by atoms with Crippen LogP contribution in [0.4, 0.5) is 0 Å². The van der Waals surface area contributed by atoms with Crippen LogP contribution in [0.1, 0.15) is 17.5 Å². The molecule has 3 N–H and O–H groups in total. The van der Waals surface area contributed by atoms with Crippen molar-refractivity contribution < 1.29 is 9.53 Å². The Hall–Kier alpha value is -2.33. The Morgan fingerprint density at radius 1 is 1.00 bits per heavy atom. The van der Waals surface area contributed by atoms with Crippen LogP contribution in [-0.2, 0) is 17.8 Å². The molecule has 0 saturated heterocycles. The molecule has 0 spiro atoms. The van der Waals surface area contributed by atoms with Gasteiger partial charge in [0.05, 0.1) is 6.54 Å². The number of benzene rings is 2. The second kappa shape index (κ2) is 8.85. The largest absolute Gasteiger partial charge is 0.489 e. The van der Waals surface area contributed by atoms with Gasteiger partial charge < -0.3 is 15.8 Å². The number of amides is 1. The first kappa shape index (κ1) is 16.0. The standard InChI is InChI=1S/C18H22N2O2/c19-18(21)13-20-12-4-7-15-8-10-17(11-9-15)22-14-16-5-2-1-3-6-16/h1-3,5-6,8-11,20H,4,7,12-14H2,(H2,19,21). The lowest BCUT2D eigenvalue weighted by atomic mass is 10.1. The number of nitrogens with one attached hydrogen (secondary N) is 1. The molecule has 0 aliphatic carbocycles. The van der Waals surface area contributed by atoms with Crippen LogP contribution >= 0.6 is 0 Å². The van der Waals surface area contributed by atoms with E-state index < -0.39 is 0 Å². The van der Waals surface area contributed by atoms with Crippen molar-refractivity contribution in [1.82, 2.24) is 5.32 Å². The molecule has 0 saturated carbocycles. The van der Waals surface area contributed by atoms with Crippen LogP contribution in [0.25, 0.3) is 0 Å². The number of rotatable bonds is 9. The average Bonchev–Trinajstić information content (AvgIpc) is 2.54. The average molecular weight is 298 g/mol. The first-order valence-corrected chi connectivity index (χ1v) is 7.49. The second-order valence-electron chi connectivity index (χ2n) is 5.16. The predicted octanol–water partition coefficient (Wildman–Crippen LogP) is 2.27. The Balaban J connectivity index is 1.70. The molecule has 0 unspecified atom stereocenters. The summed E-state index contributed by atoms with van der Waals surface area (Å²) in [6.07, 6.45) is 1.93. The number of primary amides is 1. The van der Waals surface area contributed by atoms with Crippen LogP contribution in [0, 0.1) is 0 Å². The molecular weight excluding hydrogens is 276 g/mol. The van der Waals surface area contributed by atoms with Crippen molar-refractivity contribution in [1.29, 1.82) is 0 Å². The van der Waals surface area contributed by atoms with Gasteiger partial charge in [0.25, 0.3) is 0 Å². The first-order valence-electron chi connectivity index (χ1n) is 7.49. The molecule has 2 aromatic carbocycles. The molecule has 0 aliphatic heterocycles. The molecule has 116 valence electrons. The summed E-state index contributed by atoms with van der Waals surface area (Å²) < 4.78 is 5.75. The fourth-order valence-corrected chi connectivity index (χ4v) is 2.12. The van der Waals surface area contributed by atoms with E-state index in [0.717, 1.165) is 30.7 Å². The summed E-state index contributed by atoms with van der Waals surface area (Å²) in [7, 11) is 0. The summed E-state index contributed by atoms with van der Waals surface area (Å²) in [4.78, 5) is 10.6. The van der Waals surface area contributed by atoms with Gasteiger partial charge in [-0.15, -0.1) is 0 Å². The summed E-state index contributed by atoms with van der Waals surface area (Å²) in [5.41, 5.74) is 7.47. The Labute approximate surface area is 131 Å². The molecule has 2 rings (SSSR count). The van der Waals surface area contributed by atoms with E-state index in [4.69, 9.17) is 10.5 Å². The third kappa shape index (κ3) is 5.97. The Bertz CT molecular complexity index is 567. The van der Waals surface area contributed by atoms with Crippen molar-refractivity contribution in [2.75, 3.05) is 13.1 Å². The van der Waals surface area contributed by atoms with E-state index in [0.29, 0.717) is 6.61 Å². The van der Waals surface area contributed by atoms with Gasteiger partial charge in [-0.2, -0.15) is 0 Å². The minimum Gasteiger partial charge on any atom is -0.489 e. The molecule has 0 radical (unpaired) electrons. The first-order chi connectivity index (χ1) is 10.7. The van der Waals surface area contributed by atoms with Crippen molar-refractivity contribution in [2.24, 2.45) is 5.73 Å².